The van der Waals surface area contributed by atoms with Crippen molar-refractivity contribution in [1.29, 1.82) is 0 Å². The van der Waals surface area contributed by atoms with Crippen LogP contribution < -0.4 is 0 Å². The predicted octanol–water partition coefficient (Wildman–Crippen LogP) is 3.48. The first kappa shape index (κ1) is 17.0. The van der Waals surface area contributed by atoms with Crippen LogP contribution in [0.3, 0.4) is 0 Å². The molecule has 2 aliphatic rings. The molecule has 1 aliphatic carbocycles. The Labute approximate surface area is 143 Å². The number of hydrogen-bond donors (Lipinski definition) is 1. The van der Waals surface area contributed by atoms with Crippen LogP contribution in [0.15, 0.2) is 24.3 Å². The third kappa shape index (κ3) is 3.47. The van der Waals surface area contributed by atoms with E-state index in [4.69, 9.17) is 0 Å². The monoisotopic (exact) mass is 329 g/mol. The van der Waals surface area contributed by atoms with Gasteiger partial charge >= 0.3 is 5.97 Å². The Balaban J connectivity index is 1.63. The van der Waals surface area contributed by atoms with Crippen molar-refractivity contribution < 1.29 is 14.7 Å². The second-order valence-corrected chi connectivity index (χ2v) is 7.89. The van der Waals surface area contributed by atoms with E-state index < -0.39 is 11.9 Å². The van der Waals surface area contributed by atoms with Gasteiger partial charge in [0.15, 0.2) is 0 Å². The fourth-order valence-corrected chi connectivity index (χ4v) is 3.91. The molecule has 4 unspecified atom stereocenters. The van der Waals surface area contributed by atoms with Crippen LogP contribution in [-0.4, -0.2) is 35.0 Å². The van der Waals surface area contributed by atoms with Gasteiger partial charge in [-0.15, -0.1) is 0 Å². The van der Waals surface area contributed by atoms with Gasteiger partial charge in [-0.2, -0.15) is 0 Å². The number of carbonyl (C=O) groups is 2. The third-order valence-electron chi connectivity index (χ3n) is 5.46. The Bertz CT molecular complexity index is 622. The van der Waals surface area contributed by atoms with Gasteiger partial charge in [0.25, 0.3) is 0 Å². The molecule has 1 aromatic rings. The van der Waals surface area contributed by atoms with Crippen molar-refractivity contribution in [1.82, 2.24) is 4.90 Å². The maximum Gasteiger partial charge on any atom is 0.308 e. The molecule has 2 fully saturated rings. The highest BCUT2D eigenvalue weighted by molar-refractivity contribution is 5.84. The van der Waals surface area contributed by atoms with Crippen LogP contribution in [0.1, 0.15) is 56.6 Å². The predicted molar refractivity (Wildman–Crippen MR) is 92.9 cm³/mol. The highest BCUT2D eigenvalue weighted by Gasteiger charge is 2.47. The number of nitrogens with zero attached hydrogens (tertiary/aromatic N) is 1. The summed E-state index contributed by atoms with van der Waals surface area (Å²) < 4.78 is 0. The minimum Gasteiger partial charge on any atom is -0.481 e. The zero-order chi connectivity index (χ0) is 17.4. The number of amides is 1. The van der Waals surface area contributed by atoms with Crippen LogP contribution in [0.4, 0.5) is 0 Å². The van der Waals surface area contributed by atoms with E-state index in [0.717, 1.165) is 6.42 Å². The fourth-order valence-electron chi connectivity index (χ4n) is 3.91. The number of rotatable bonds is 4. The minimum absolute atomic E-state index is 0.0367. The van der Waals surface area contributed by atoms with E-state index in [-0.39, 0.29) is 17.7 Å². The summed E-state index contributed by atoms with van der Waals surface area (Å²) in [6, 6.07) is 8.60. The molecule has 0 radical (unpaired) electrons. The summed E-state index contributed by atoms with van der Waals surface area (Å²) in [7, 11) is 0. The van der Waals surface area contributed by atoms with Crippen LogP contribution in [0.5, 0.6) is 0 Å². The van der Waals surface area contributed by atoms with Crippen LogP contribution in [0, 0.1) is 17.8 Å². The van der Waals surface area contributed by atoms with E-state index in [0.29, 0.717) is 31.3 Å². The van der Waals surface area contributed by atoms with Crippen LogP contribution in [-0.2, 0) is 9.59 Å². The van der Waals surface area contributed by atoms with Gasteiger partial charge < -0.3 is 10.0 Å². The Morgan fingerprint density at radius 3 is 2.38 bits per heavy atom. The van der Waals surface area contributed by atoms with E-state index >= 15 is 0 Å². The molecule has 4 atom stereocenters. The molecule has 4 nitrogen and oxygen atoms in total. The first-order chi connectivity index (χ1) is 11.4. The lowest BCUT2D eigenvalue weighted by atomic mass is 9.90. The lowest BCUT2D eigenvalue weighted by Gasteiger charge is -2.35. The van der Waals surface area contributed by atoms with Gasteiger partial charge in [0.2, 0.25) is 5.91 Å². The van der Waals surface area contributed by atoms with Crippen molar-refractivity contribution in [2.75, 3.05) is 13.1 Å². The van der Waals surface area contributed by atoms with Crippen LogP contribution in [0.2, 0.25) is 0 Å². The third-order valence-corrected chi connectivity index (χ3v) is 5.46. The number of piperidine rings is 1. The SMILES string of the molecule is CC1CC(C(=O)O)CN(C(=O)C2CC2c2ccc(C(C)C)cc2)C1. The number of carboxylic acids is 1. The molecule has 1 N–H and O–H groups in total. The van der Waals surface area contributed by atoms with Crippen molar-refractivity contribution in [3.63, 3.8) is 0 Å². The molecular weight excluding hydrogens is 302 g/mol. The molecule has 4 heteroatoms. The summed E-state index contributed by atoms with van der Waals surface area (Å²) in [5, 5.41) is 9.27. The summed E-state index contributed by atoms with van der Waals surface area (Å²) in [4.78, 5) is 25.8. The summed E-state index contributed by atoms with van der Waals surface area (Å²) in [5.74, 6) is 0.0561. The summed E-state index contributed by atoms with van der Waals surface area (Å²) >= 11 is 0. The number of carbonyl (C=O) groups excluding carboxylic acids is 1. The Morgan fingerprint density at radius 2 is 1.79 bits per heavy atom. The summed E-state index contributed by atoms with van der Waals surface area (Å²) in [5.41, 5.74) is 2.55. The van der Waals surface area contributed by atoms with Gasteiger partial charge in [-0.25, -0.2) is 0 Å². The minimum atomic E-state index is -0.782. The zero-order valence-corrected chi connectivity index (χ0v) is 14.7. The Hall–Kier alpha value is -1.84. The van der Waals surface area contributed by atoms with Crippen LogP contribution in [0.25, 0.3) is 0 Å². The molecule has 1 aliphatic heterocycles. The van der Waals surface area contributed by atoms with Crippen molar-refractivity contribution in [3.8, 4) is 0 Å². The molecule has 1 heterocycles. The summed E-state index contributed by atoms with van der Waals surface area (Å²) in [6.07, 6.45) is 1.56. The van der Waals surface area contributed by atoms with Gasteiger partial charge in [0.05, 0.1) is 5.92 Å². The first-order valence-electron chi connectivity index (χ1n) is 8.98. The van der Waals surface area contributed by atoms with Crippen LogP contribution >= 0.6 is 0 Å². The number of hydrogen-bond acceptors (Lipinski definition) is 2. The summed E-state index contributed by atoms with van der Waals surface area (Å²) in [6.45, 7) is 7.44. The number of carboxylic acid groups (broad SMARTS) is 1. The lowest BCUT2D eigenvalue weighted by Crippen LogP contribution is -2.46. The van der Waals surface area contributed by atoms with Gasteiger partial charge in [-0.3, -0.25) is 9.59 Å². The molecule has 1 saturated carbocycles. The molecule has 130 valence electrons. The van der Waals surface area contributed by atoms with Gasteiger partial charge in [-0.1, -0.05) is 45.0 Å². The zero-order valence-electron chi connectivity index (χ0n) is 14.7. The smallest absolute Gasteiger partial charge is 0.308 e. The van der Waals surface area contributed by atoms with Crippen molar-refractivity contribution in [2.24, 2.45) is 17.8 Å². The van der Waals surface area contributed by atoms with E-state index in [1.807, 2.05) is 6.92 Å². The topological polar surface area (TPSA) is 57.6 Å². The van der Waals surface area contributed by atoms with E-state index in [1.165, 1.54) is 11.1 Å². The highest BCUT2D eigenvalue weighted by Crippen LogP contribution is 2.49. The van der Waals surface area contributed by atoms with E-state index in [9.17, 15) is 14.7 Å². The Kier molecular flexibility index (Phi) is 4.66. The van der Waals surface area contributed by atoms with E-state index in [1.54, 1.807) is 4.90 Å². The van der Waals surface area contributed by atoms with Gasteiger partial charge in [0.1, 0.15) is 0 Å². The highest BCUT2D eigenvalue weighted by atomic mass is 16.4. The van der Waals surface area contributed by atoms with Gasteiger partial charge in [-0.05, 0) is 41.7 Å². The van der Waals surface area contributed by atoms with E-state index in [2.05, 4.69) is 38.1 Å². The second kappa shape index (κ2) is 6.58. The largest absolute Gasteiger partial charge is 0.481 e. The Morgan fingerprint density at radius 1 is 1.12 bits per heavy atom. The molecule has 0 bridgehead atoms. The number of likely N-dealkylation sites (tertiary alicyclic amines) is 1. The van der Waals surface area contributed by atoms with Crippen molar-refractivity contribution in [2.45, 2.75) is 45.4 Å². The molecular formula is C20H27NO3. The number of aliphatic carboxylic acids is 1. The fraction of sp³-hybridized carbons (Fsp3) is 0.600. The van der Waals surface area contributed by atoms with Gasteiger partial charge in [0, 0.05) is 19.0 Å². The molecule has 3 rings (SSSR count). The average molecular weight is 329 g/mol. The first-order valence-corrected chi connectivity index (χ1v) is 8.98. The second-order valence-electron chi connectivity index (χ2n) is 7.89. The molecule has 24 heavy (non-hydrogen) atoms. The maximum atomic E-state index is 12.8. The molecule has 1 amide bonds. The molecule has 0 aromatic heterocycles. The maximum absolute atomic E-state index is 12.8. The standard InChI is InChI=1S/C20H27NO3/c1-12(2)14-4-6-15(7-5-14)17-9-18(17)19(22)21-10-13(3)8-16(11-21)20(23)24/h4-7,12-13,16-18H,8-11H2,1-3H3,(H,23,24). The average Bonchev–Trinajstić information content (AvgIpc) is 3.34. The molecule has 1 saturated heterocycles. The van der Waals surface area contributed by atoms with Crippen molar-refractivity contribution in [3.05, 3.63) is 35.4 Å². The molecule has 1 aromatic carbocycles. The quantitative estimate of drug-likeness (QED) is 0.920. The normalized spacial score (nSPS) is 29.6. The molecule has 0 spiro atoms. The van der Waals surface area contributed by atoms with Crippen molar-refractivity contribution >= 4 is 11.9 Å². The lowest BCUT2D eigenvalue weighted by molar-refractivity contribution is -0.147. The number of benzene rings is 1.